The van der Waals surface area contributed by atoms with Crippen LogP contribution >= 0.6 is 11.3 Å². The Morgan fingerprint density at radius 2 is 2.17 bits per heavy atom. The Kier molecular flexibility index (Phi) is 3.23. The summed E-state index contributed by atoms with van der Waals surface area (Å²) < 4.78 is 0. The summed E-state index contributed by atoms with van der Waals surface area (Å²) in [5.74, 6) is 0.548. The van der Waals surface area contributed by atoms with Crippen LogP contribution in [0, 0.1) is 6.92 Å². The van der Waals surface area contributed by atoms with Crippen LogP contribution in [0.2, 0.25) is 0 Å². The predicted molar refractivity (Wildman–Crippen MR) is 53.7 cm³/mol. The Balaban J connectivity index is 2.85. The molecule has 3 heteroatoms. The third-order valence-electron chi connectivity index (χ3n) is 1.75. The highest BCUT2D eigenvalue weighted by atomic mass is 32.1. The van der Waals surface area contributed by atoms with Gasteiger partial charge in [0.1, 0.15) is 5.01 Å². The van der Waals surface area contributed by atoms with Gasteiger partial charge in [-0.2, -0.15) is 0 Å². The molecule has 0 saturated heterocycles. The Labute approximate surface area is 78.0 Å². The molecule has 1 N–H and O–H groups in total. The molecule has 68 valence electrons. The molecule has 0 saturated carbocycles. The summed E-state index contributed by atoms with van der Waals surface area (Å²) in [6.07, 6.45) is 0. The molecule has 2 nitrogen and oxygen atoms in total. The van der Waals surface area contributed by atoms with Crippen molar-refractivity contribution in [1.29, 1.82) is 0 Å². The SMILES string of the molecule is CNCc1nc(C(C)C)c(C)s1. The van der Waals surface area contributed by atoms with E-state index in [1.807, 2.05) is 7.05 Å². The van der Waals surface area contributed by atoms with E-state index >= 15 is 0 Å². The molecule has 0 radical (unpaired) electrons. The van der Waals surface area contributed by atoms with Crippen LogP contribution in [-0.4, -0.2) is 12.0 Å². The third kappa shape index (κ3) is 2.05. The van der Waals surface area contributed by atoms with Crippen LogP contribution in [0.5, 0.6) is 0 Å². The second kappa shape index (κ2) is 4.01. The van der Waals surface area contributed by atoms with Crippen molar-refractivity contribution < 1.29 is 0 Å². The predicted octanol–water partition coefficient (Wildman–Crippen LogP) is 2.29. The van der Waals surface area contributed by atoms with E-state index in [9.17, 15) is 0 Å². The fourth-order valence-electron chi connectivity index (χ4n) is 1.23. The lowest BCUT2D eigenvalue weighted by Crippen LogP contribution is -2.04. The van der Waals surface area contributed by atoms with Crippen molar-refractivity contribution in [2.45, 2.75) is 33.2 Å². The van der Waals surface area contributed by atoms with Gasteiger partial charge in [0.15, 0.2) is 0 Å². The lowest BCUT2D eigenvalue weighted by molar-refractivity contribution is 0.777. The first-order valence-electron chi connectivity index (χ1n) is 4.26. The summed E-state index contributed by atoms with van der Waals surface area (Å²) in [5.41, 5.74) is 1.25. The van der Waals surface area contributed by atoms with Crippen LogP contribution in [0.1, 0.15) is 35.3 Å². The molecular weight excluding hydrogens is 168 g/mol. The lowest BCUT2D eigenvalue weighted by Gasteiger charge is -1.99. The first kappa shape index (κ1) is 9.68. The molecule has 1 aromatic rings. The second-order valence-corrected chi connectivity index (χ2v) is 4.52. The molecule has 0 aromatic carbocycles. The summed E-state index contributed by atoms with van der Waals surface area (Å²) >= 11 is 1.79. The van der Waals surface area contributed by atoms with Crippen molar-refractivity contribution in [3.8, 4) is 0 Å². The Morgan fingerprint density at radius 3 is 2.58 bits per heavy atom. The highest BCUT2D eigenvalue weighted by molar-refractivity contribution is 7.11. The first-order valence-corrected chi connectivity index (χ1v) is 5.07. The van der Waals surface area contributed by atoms with Crippen molar-refractivity contribution in [2.75, 3.05) is 7.05 Å². The topological polar surface area (TPSA) is 24.9 Å². The van der Waals surface area contributed by atoms with E-state index in [-0.39, 0.29) is 0 Å². The molecule has 0 aliphatic carbocycles. The van der Waals surface area contributed by atoms with E-state index in [4.69, 9.17) is 0 Å². The van der Waals surface area contributed by atoms with Crippen LogP contribution in [0.3, 0.4) is 0 Å². The van der Waals surface area contributed by atoms with Gasteiger partial charge in [-0.25, -0.2) is 4.98 Å². The van der Waals surface area contributed by atoms with Crippen molar-refractivity contribution >= 4 is 11.3 Å². The minimum atomic E-state index is 0.548. The van der Waals surface area contributed by atoms with Crippen LogP contribution in [0.15, 0.2) is 0 Å². The van der Waals surface area contributed by atoms with Gasteiger partial charge in [0.2, 0.25) is 0 Å². The molecule has 0 aliphatic heterocycles. The fourth-order valence-corrected chi connectivity index (χ4v) is 2.33. The average molecular weight is 184 g/mol. The van der Waals surface area contributed by atoms with Gasteiger partial charge in [-0.15, -0.1) is 11.3 Å². The summed E-state index contributed by atoms with van der Waals surface area (Å²) in [7, 11) is 1.95. The van der Waals surface area contributed by atoms with Crippen LogP contribution in [0.25, 0.3) is 0 Å². The molecule has 1 heterocycles. The zero-order valence-electron chi connectivity index (χ0n) is 8.14. The first-order chi connectivity index (χ1) is 5.65. The summed E-state index contributed by atoms with van der Waals surface area (Å²) in [4.78, 5) is 5.91. The molecular formula is C9H16N2S. The second-order valence-electron chi connectivity index (χ2n) is 3.23. The van der Waals surface area contributed by atoms with E-state index in [2.05, 4.69) is 31.1 Å². The van der Waals surface area contributed by atoms with Gasteiger partial charge in [0.05, 0.1) is 5.69 Å². The van der Waals surface area contributed by atoms with Gasteiger partial charge in [-0.05, 0) is 19.9 Å². The van der Waals surface area contributed by atoms with Gasteiger partial charge in [0.25, 0.3) is 0 Å². The fraction of sp³-hybridized carbons (Fsp3) is 0.667. The van der Waals surface area contributed by atoms with E-state index in [0.717, 1.165) is 6.54 Å². The Morgan fingerprint density at radius 1 is 1.50 bits per heavy atom. The molecule has 0 bridgehead atoms. The maximum absolute atomic E-state index is 4.56. The summed E-state index contributed by atoms with van der Waals surface area (Å²) in [6, 6.07) is 0. The Hall–Kier alpha value is -0.410. The number of hydrogen-bond donors (Lipinski definition) is 1. The standard InChI is InChI=1S/C9H16N2S/c1-6(2)9-7(3)12-8(11-9)5-10-4/h6,10H,5H2,1-4H3. The quantitative estimate of drug-likeness (QED) is 0.779. The van der Waals surface area contributed by atoms with Gasteiger partial charge >= 0.3 is 0 Å². The number of thiazole rings is 1. The van der Waals surface area contributed by atoms with Crippen LogP contribution in [0.4, 0.5) is 0 Å². The largest absolute Gasteiger partial charge is 0.314 e. The van der Waals surface area contributed by atoms with E-state index in [1.165, 1.54) is 15.6 Å². The summed E-state index contributed by atoms with van der Waals surface area (Å²) in [5, 5.41) is 4.30. The smallest absolute Gasteiger partial charge is 0.107 e. The maximum atomic E-state index is 4.56. The van der Waals surface area contributed by atoms with E-state index in [1.54, 1.807) is 11.3 Å². The van der Waals surface area contributed by atoms with Crippen LogP contribution in [-0.2, 0) is 6.54 Å². The van der Waals surface area contributed by atoms with Crippen molar-refractivity contribution in [2.24, 2.45) is 0 Å². The van der Waals surface area contributed by atoms with Crippen molar-refractivity contribution in [3.05, 3.63) is 15.6 Å². The monoisotopic (exact) mass is 184 g/mol. The van der Waals surface area contributed by atoms with Crippen molar-refractivity contribution in [1.82, 2.24) is 10.3 Å². The van der Waals surface area contributed by atoms with Crippen LogP contribution < -0.4 is 5.32 Å². The zero-order valence-corrected chi connectivity index (χ0v) is 8.96. The molecule has 0 spiro atoms. The minimum absolute atomic E-state index is 0.548. The summed E-state index contributed by atoms with van der Waals surface area (Å²) in [6.45, 7) is 7.40. The van der Waals surface area contributed by atoms with Gasteiger partial charge in [0, 0.05) is 11.4 Å². The molecule has 1 rings (SSSR count). The number of rotatable bonds is 3. The van der Waals surface area contributed by atoms with Crippen molar-refractivity contribution in [3.63, 3.8) is 0 Å². The number of hydrogen-bond acceptors (Lipinski definition) is 3. The zero-order chi connectivity index (χ0) is 9.14. The lowest BCUT2D eigenvalue weighted by atomic mass is 10.1. The molecule has 0 atom stereocenters. The third-order valence-corrected chi connectivity index (χ3v) is 2.74. The van der Waals surface area contributed by atoms with E-state index in [0.29, 0.717) is 5.92 Å². The van der Waals surface area contributed by atoms with E-state index < -0.39 is 0 Å². The number of aryl methyl sites for hydroxylation is 1. The molecule has 12 heavy (non-hydrogen) atoms. The Bertz CT molecular complexity index is 253. The molecule has 0 amide bonds. The molecule has 0 aliphatic rings. The van der Waals surface area contributed by atoms with Gasteiger partial charge in [-0.3, -0.25) is 0 Å². The number of aromatic nitrogens is 1. The average Bonchev–Trinajstić information content (AvgIpc) is 2.32. The minimum Gasteiger partial charge on any atom is -0.314 e. The molecule has 1 aromatic heterocycles. The van der Waals surface area contributed by atoms with Gasteiger partial charge < -0.3 is 5.32 Å². The molecule has 0 unspecified atom stereocenters. The highest BCUT2D eigenvalue weighted by Crippen LogP contribution is 2.23. The number of nitrogens with zero attached hydrogens (tertiary/aromatic N) is 1. The maximum Gasteiger partial charge on any atom is 0.107 e. The molecule has 0 fully saturated rings. The normalized spacial score (nSPS) is 11.1. The number of nitrogens with one attached hydrogen (secondary N) is 1. The van der Waals surface area contributed by atoms with Gasteiger partial charge in [-0.1, -0.05) is 13.8 Å². The highest BCUT2D eigenvalue weighted by Gasteiger charge is 2.09.